The SMILES string of the molecule is CCOC(=O)c1c(N)[nH]c2cc(-c3c(C)noc3C)c(C)nc12. The number of hydrogen-bond donors (Lipinski definition) is 2. The smallest absolute Gasteiger partial charge is 0.344 e. The molecule has 0 spiro atoms. The van der Waals surface area contributed by atoms with Crippen LogP contribution in [0.2, 0.25) is 0 Å². The van der Waals surface area contributed by atoms with Crippen LogP contribution in [0.25, 0.3) is 22.2 Å². The number of nitrogen functional groups attached to an aromatic ring is 1. The van der Waals surface area contributed by atoms with Gasteiger partial charge in [0, 0.05) is 16.8 Å². The predicted octanol–water partition coefficient (Wildman–Crippen LogP) is 2.90. The first-order chi connectivity index (χ1) is 10.9. The zero-order chi connectivity index (χ0) is 16.7. The van der Waals surface area contributed by atoms with E-state index in [9.17, 15) is 4.79 Å². The lowest BCUT2D eigenvalue weighted by atomic mass is 10.0. The number of carbonyl (C=O) groups is 1. The molecule has 120 valence electrons. The summed E-state index contributed by atoms with van der Waals surface area (Å²) in [6.07, 6.45) is 0. The standard InChI is InChI=1S/C16H18N4O3/c1-5-22-16(21)13-14-11(19-15(13)17)6-10(7(2)18-14)12-8(3)20-23-9(12)4/h6,19H,5,17H2,1-4H3. The van der Waals surface area contributed by atoms with Gasteiger partial charge in [-0.05, 0) is 33.8 Å². The number of hydrogen-bond acceptors (Lipinski definition) is 6. The third-order valence-electron chi connectivity index (χ3n) is 3.77. The molecule has 0 unspecified atom stereocenters. The van der Waals surface area contributed by atoms with E-state index in [0.29, 0.717) is 11.0 Å². The Hall–Kier alpha value is -2.83. The Morgan fingerprint density at radius 1 is 1.35 bits per heavy atom. The van der Waals surface area contributed by atoms with Crippen LogP contribution in [0, 0.1) is 20.8 Å². The second-order valence-electron chi connectivity index (χ2n) is 5.35. The Balaban J connectivity index is 2.23. The van der Waals surface area contributed by atoms with Gasteiger partial charge in [0.15, 0.2) is 0 Å². The maximum Gasteiger partial charge on any atom is 0.344 e. The number of rotatable bonds is 3. The third kappa shape index (κ3) is 2.34. The fourth-order valence-electron chi connectivity index (χ4n) is 2.76. The lowest BCUT2D eigenvalue weighted by Crippen LogP contribution is -2.07. The third-order valence-corrected chi connectivity index (χ3v) is 3.77. The van der Waals surface area contributed by atoms with Crippen LogP contribution in [0.5, 0.6) is 0 Å². The first kappa shape index (κ1) is 15.1. The molecule has 0 saturated heterocycles. The van der Waals surface area contributed by atoms with Crippen molar-refractivity contribution in [2.45, 2.75) is 27.7 Å². The summed E-state index contributed by atoms with van der Waals surface area (Å²) in [5.74, 6) is 0.492. The zero-order valence-electron chi connectivity index (χ0n) is 13.5. The summed E-state index contributed by atoms with van der Waals surface area (Å²) in [4.78, 5) is 19.6. The number of aromatic nitrogens is 3. The number of aryl methyl sites for hydroxylation is 3. The van der Waals surface area contributed by atoms with Crippen molar-refractivity contribution in [3.8, 4) is 11.1 Å². The van der Waals surface area contributed by atoms with E-state index >= 15 is 0 Å². The number of H-pyrrole nitrogens is 1. The van der Waals surface area contributed by atoms with Crippen molar-refractivity contribution in [2.75, 3.05) is 12.3 Å². The van der Waals surface area contributed by atoms with E-state index in [1.165, 1.54) is 0 Å². The van der Waals surface area contributed by atoms with Crippen LogP contribution in [0.4, 0.5) is 5.82 Å². The minimum atomic E-state index is -0.478. The molecular weight excluding hydrogens is 296 g/mol. The number of pyridine rings is 1. The van der Waals surface area contributed by atoms with Gasteiger partial charge in [0.2, 0.25) is 0 Å². The van der Waals surface area contributed by atoms with Gasteiger partial charge in [0.1, 0.15) is 22.7 Å². The fraction of sp³-hybridized carbons (Fsp3) is 0.312. The van der Waals surface area contributed by atoms with Gasteiger partial charge in [-0.25, -0.2) is 9.78 Å². The number of aromatic amines is 1. The van der Waals surface area contributed by atoms with Crippen molar-refractivity contribution in [3.63, 3.8) is 0 Å². The van der Waals surface area contributed by atoms with Gasteiger partial charge in [-0.2, -0.15) is 0 Å². The number of anilines is 1. The normalized spacial score (nSPS) is 11.1. The molecule has 0 aliphatic rings. The van der Waals surface area contributed by atoms with Crippen molar-refractivity contribution in [3.05, 3.63) is 28.8 Å². The van der Waals surface area contributed by atoms with Gasteiger partial charge in [-0.15, -0.1) is 0 Å². The predicted molar refractivity (Wildman–Crippen MR) is 86.2 cm³/mol. The minimum absolute atomic E-state index is 0.251. The lowest BCUT2D eigenvalue weighted by Gasteiger charge is -2.06. The molecule has 23 heavy (non-hydrogen) atoms. The van der Waals surface area contributed by atoms with E-state index in [1.807, 2.05) is 26.8 Å². The Bertz CT molecular complexity index is 888. The quantitative estimate of drug-likeness (QED) is 0.720. The summed E-state index contributed by atoms with van der Waals surface area (Å²) < 4.78 is 10.3. The number of nitrogens with two attached hydrogens (primary N) is 1. The summed E-state index contributed by atoms with van der Waals surface area (Å²) in [6, 6.07) is 1.91. The zero-order valence-corrected chi connectivity index (χ0v) is 13.5. The van der Waals surface area contributed by atoms with Crippen LogP contribution in [-0.4, -0.2) is 27.7 Å². The molecule has 0 saturated carbocycles. The molecule has 3 rings (SSSR count). The van der Waals surface area contributed by atoms with E-state index in [2.05, 4.69) is 15.1 Å². The van der Waals surface area contributed by atoms with Gasteiger partial charge in [0.05, 0.1) is 17.8 Å². The molecule has 7 nitrogen and oxygen atoms in total. The number of ether oxygens (including phenoxy) is 1. The average Bonchev–Trinajstić information content (AvgIpc) is 2.97. The maximum absolute atomic E-state index is 12.1. The number of nitrogens with zero attached hydrogens (tertiary/aromatic N) is 2. The van der Waals surface area contributed by atoms with E-state index < -0.39 is 5.97 Å². The highest BCUT2D eigenvalue weighted by Gasteiger charge is 2.22. The summed E-state index contributed by atoms with van der Waals surface area (Å²) in [6.45, 7) is 7.63. The molecule has 0 fully saturated rings. The topological polar surface area (TPSA) is 107 Å². The van der Waals surface area contributed by atoms with Crippen molar-refractivity contribution < 1.29 is 14.1 Å². The Kier molecular flexibility index (Phi) is 3.55. The van der Waals surface area contributed by atoms with Crippen LogP contribution in [0.3, 0.4) is 0 Å². The van der Waals surface area contributed by atoms with E-state index in [4.69, 9.17) is 15.0 Å². The maximum atomic E-state index is 12.1. The van der Waals surface area contributed by atoms with Crippen LogP contribution in [-0.2, 0) is 4.74 Å². The highest BCUT2D eigenvalue weighted by Crippen LogP contribution is 2.33. The summed E-state index contributed by atoms with van der Waals surface area (Å²) >= 11 is 0. The van der Waals surface area contributed by atoms with E-state index in [1.54, 1.807) is 6.92 Å². The summed E-state index contributed by atoms with van der Waals surface area (Å²) in [5.41, 5.74) is 10.7. The molecule has 3 aromatic rings. The van der Waals surface area contributed by atoms with Crippen LogP contribution in [0.15, 0.2) is 10.6 Å². The number of fused-ring (bicyclic) bond motifs is 1. The molecule has 0 amide bonds. The first-order valence-corrected chi connectivity index (χ1v) is 7.33. The highest BCUT2D eigenvalue weighted by atomic mass is 16.5. The molecule has 0 aliphatic carbocycles. The lowest BCUT2D eigenvalue weighted by molar-refractivity contribution is 0.0530. The monoisotopic (exact) mass is 314 g/mol. The highest BCUT2D eigenvalue weighted by molar-refractivity contribution is 6.08. The average molecular weight is 314 g/mol. The first-order valence-electron chi connectivity index (χ1n) is 7.33. The van der Waals surface area contributed by atoms with Crippen LogP contribution >= 0.6 is 0 Å². The number of esters is 1. The molecule has 0 bridgehead atoms. The molecule has 3 heterocycles. The molecular formula is C16H18N4O3. The minimum Gasteiger partial charge on any atom is -0.462 e. The summed E-state index contributed by atoms with van der Waals surface area (Å²) in [5, 5.41) is 3.98. The largest absolute Gasteiger partial charge is 0.462 e. The molecule has 0 aromatic carbocycles. The summed E-state index contributed by atoms with van der Waals surface area (Å²) in [7, 11) is 0. The van der Waals surface area contributed by atoms with Crippen molar-refractivity contribution in [1.82, 2.24) is 15.1 Å². The molecule has 3 aromatic heterocycles. The van der Waals surface area contributed by atoms with Crippen molar-refractivity contribution >= 4 is 22.8 Å². The second kappa shape index (κ2) is 5.42. The molecule has 7 heteroatoms. The van der Waals surface area contributed by atoms with Crippen molar-refractivity contribution in [2.24, 2.45) is 0 Å². The molecule has 0 atom stereocenters. The Morgan fingerprint density at radius 2 is 2.09 bits per heavy atom. The Morgan fingerprint density at radius 3 is 2.70 bits per heavy atom. The fourth-order valence-corrected chi connectivity index (χ4v) is 2.76. The molecule has 3 N–H and O–H groups in total. The van der Waals surface area contributed by atoms with E-state index in [0.717, 1.165) is 28.3 Å². The molecule has 0 radical (unpaired) electrons. The second-order valence-corrected chi connectivity index (χ2v) is 5.35. The van der Waals surface area contributed by atoms with Gasteiger partial charge < -0.3 is 20.0 Å². The van der Waals surface area contributed by atoms with Crippen molar-refractivity contribution in [1.29, 1.82) is 0 Å². The van der Waals surface area contributed by atoms with Gasteiger partial charge in [-0.1, -0.05) is 5.16 Å². The van der Waals surface area contributed by atoms with Gasteiger partial charge in [-0.3, -0.25) is 0 Å². The molecule has 0 aliphatic heterocycles. The number of carbonyl (C=O) groups excluding carboxylic acids is 1. The van der Waals surface area contributed by atoms with Gasteiger partial charge in [0.25, 0.3) is 0 Å². The van der Waals surface area contributed by atoms with Crippen LogP contribution < -0.4 is 5.73 Å². The van der Waals surface area contributed by atoms with E-state index in [-0.39, 0.29) is 18.0 Å². The Labute approximate surface area is 132 Å². The number of nitrogens with one attached hydrogen (secondary N) is 1. The van der Waals surface area contributed by atoms with Crippen LogP contribution in [0.1, 0.15) is 34.4 Å². The van der Waals surface area contributed by atoms with Gasteiger partial charge >= 0.3 is 5.97 Å².